The second-order valence-electron chi connectivity index (χ2n) is 4.25. The van der Waals surface area contributed by atoms with E-state index in [9.17, 15) is 0 Å². The minimum atomic E-state index is 0.316. The van der Waals surface area contributed by atoms with E-state index in [1.807, 2.05) is 20.0 Å². The van der Waals surface area contributed by atoms with Crippen LogP contribution in [0.15, 0.2) is 34.1 Å². The van der Waals surface area contributed by atoms with E-state index in [-0.39, 0.29) is 0 Å². The maximum Gasteiger partial charge on any atom is 0.0435 e. The van der Waals surface area contributed by atoms with Gasteiger partial charge >= 0.3 is 0 Å². The Labute approximate surface area is 125 Å². The number of halogens is 2. The normalized spacial score (nSPS) is 12.7. The Morgan fingerprint density at radius 3 is 2.72 bits per heavy atom. The van der Waals surface area contributed by atoms with Gasteiger partial charge in [0.1, 0.15) is 0 Å². The molecule has 0 amide bonds. The zero-order chi connectivity index (χ0) is 13.1. The molecule has 0 saturated carbocycles. The SMILES string of the molecule is CNC(Cc1sccc1Br)c1ccc(Cl)c(C)c1. The second kappa shape index (κ2) is 6.20. The standard InChI is InChI=1S/C14H15BrClNS/c1-9-7-10(3-4-12(9)16)13(17-2)8-14-11(15)5-6-18-14/h3-7,13,17H,8H2,1-2H3. The summed E-state index contributed by atoms with van der Waals surface area (Å²) < 4.78 is 1.19. The number of hydrogen-bond donors (Lipinski definition) is 1. The Hall–Kier alpha value is -0.350. The van der Waals surface area contributed by atoms with Crippen LogP contribution in [0.5, 0.6) is 0 Å². The molecule has 1 unspecified atom stereocenters. The number of likely N-dealkylation sites (N-methyl/N-ethyl adjacent to an activating group) is 1. The van der Waals surface area contributed by atoms with Crippen LogP contribution in [-0.2, 0) is 6.42 Å². The van der Waals surface area contributed by atoms with Crippen LogP contribution in [0.2, 0.25) is 5.02 Å². The first-order valence-electron chi connectivity index (χ1n) is 5.77. The van der Waals surface area contributed by atoms with Gasteiger partial charge in [-0.15, -0.1) is 11.3 Å². The molecule has 1 N–H and O–H groups in total. The molecule has 0 aliphatic heterocycles. The molecule has 0 aliphatic rings. The molecule has 96 valence electrons. The molecule has 0 aliphatic carbocycles. The third kappa shape index (κ3) is 3.15. The topological polar surface area (TPSA) is 12.0 Å². The number of benzene rings is 1. The molecule has 1 atom stereocenters. The van der Waals surface area contributed by atoms with Gasteiger partial charge in [0, 0.05) is 26.8 Å². The highest BCUT2D eigenvalue weighted by molar-refractivity contribution is 9.10. The predicted molar refractivity (Wildman–Crippen MR) is 83.7 cm³/mol. The highest BCUT2D eigenvalue weighted by atomic mass is 79.9. The summed E-state index contributed by atoms with van der Waals surface area (Å²) in [6.45, 7) is 2.04. The lowest BCUT2D eigenvalue weighted by Gasteiger charge is -2.17. The minimum absolute atomic E-state index is 0.316. The maximum atomic E-state index is 6.07. The summed E-state index contributed by atoms with van der Waals surface area (Å²) in [6, 6.07) is 8.64. The van der Waals surface area contributed by atoms with Gasteiger partial charge in [0.2, 0.25) is 0 Å². The van der Waals surface area contributed by atoms with Gasteiger partial charge in [-0.1, -0.05) is 23.7 Å². The fraction of sp³-hybridized carbons (Fsp3) is 0.286. The van der Waals surface area contributed by atoms with Gasteiger partial charge < -0.3 is 5.32 Å². The molecule has 2 aromatic rings. The van der Waals surface area contributed by atoms with Crippen molar-refractivity contribution in [3.63, 3.8) is 0 Å². The van der Waals surface area contributed by atoms with Gasteiger partial charge in [-0.05, 0) is 58.5 Å². The highest BCUT2D eigenvalue weighted by Gasteiger charge is 2.13. The summed E-state index contributed by atoms with van der Waals surface area (Å²) in [7, 11) is 2.00. The summed E-state index contributed by atoms with van der Waals surface area (Å²) in [5.41, 5.74) is 2.40. The molecule has 1 aromatic heterocycles. The Bertz CT molecular complexity index is 538. The number of aryl methyl sites for hydroxylation is 1. The molecule has 1 heterocycles. The van der Waals surface area contributed by atoms with Crippen molar-refractivity contribution in [2.45, 2.75) is 19.4 Å². The summed E-state index contributed by atoms with van der Waals surface area (Å²) in [4.78, 5) is 1.36. The minimum Gasteiger partial charge on any atom is -0.313 e. The zero-order valence-electron chi connectivity index (χ0n) is 10.3. The van der Waals surface area contributed by atoms with Crippen LogP contribution < -0.4 is 5.32 Å². The zero-order valence-corrected chi connectivity index (χ0v) is 13.5. The van der Waals surface area contributed by atoms with Crippen LogP contribution in [0.3, 0.4) is 0 Å². The summed E-state index contributed by atoms with van der Waals surface area (Å²) >= 11 is 11.4. The van der Waals surface area contributed by atoms with E-state index < -0.39 is 0 Å². The van der Waals surface area contributed by atoms with E-state index in [0.29, 0.717) is 6.04 Å². The Morgan fingerprint density at radius 2 is 2.17 bits per heavy atom. The maximum absolute atomic E-state index is 6.07. The molecule has 0 fully saturated rings. The molecular formula is C14H15BrClNS. The van der Waals surface area contributed by atoms with Crippen LogP contribution in [0.1, 0.15) is 22.0 Å². The number of hydrogen-bond acceptors (Lipinski definition) is 2. The lowest BCUT2D eigenvalue weighted by Crippen LogP contribution is -2.18. The molecule has 2 rings (SSSR count). The fourth-order valence-corrected chi connectivity index (χ4v) is 3.61. The van der Waals surface area contributed by atoms with Gasteiger partial charge in [0.15, 0.2) is 0 Å². The summed E-state index contributed by atoms with van der Waals surface area (Å²) in [5, 5.41) is 6.31. The van der Waals surface area contributed by atoms with Crippen molar-refractivity contribution in [3.05, 3.63) is 55.1 Å². The lowest BCUT2D eigenvalue weighted by atomic mass is 10.0. The fourth-order valence-electron chi connectivity index (χ4n) is 1.93. The van der Waals surface area contributed by atoms with Crippen molar-refractivity contribution >= 4 is 38.9 Å². The van der Waals surface area contributed by atoms with E-state index in [4.69, 9.17) is 11.6 Å². The van der Waals surface area contributed by atoms with Crippen LogP contribution in [-0.4, -0.2) is 7.05 Å². The van der Waals surface area contributed by atoms with E-state index >= 15 is 0 Å². The molecular weight excluding hydrogens is 330 g/mol. The largest absolute Gasteiger partial charge is 0.313 e. The van der Waals surface area contributed by atoms with Crippen molar-refractivity contribution in [2.75, 3.05) is 7.05 Å². The first-order valence-corrected chi connectivity index (χ1v) is 7.82. The Kier molecular flexibility index (Phi) is 4.84. The third-order valence-electron chi connectivity index (χ3n) is 3.01. The molecule has 0 radical (unpaired) electrons. The van der Waals surface area contributed by atoms with Gasteiger partial charge in [-0.3, -0.25) is 0 Å². The molecule has 0 bridgehead atoms. The van der Waals surface area contributed by atoms with Gasteiger partial charge in [0.25, 0.3) is 0 Å². The van der Waals surface area contributed by atoms with E-state index in [1.54, 1.807) is 11.3 Å². The van der Waals surface area contributed by atoms with Crippen LogP contribution in [0.4, 0.5) is 0 Å². The van der Waals surface area contributed by atoms with Crippen molar-refractivity contribution < 1.29 is 0 Å². The Balaban J connectivity index is 2.23. The average Bonchev–Trinajstić information content (AvgIpc) is 2.75. The van der Waals surface area contributed by atoms with E-state index in [0.717, 1.165) is 17.0 Å². The highest BCUT2D eigenvalue weighted by Crippen LogP contribution is 2.29. The number of thiophene rings is 1. The van der Waals surface area contributed by atoms with Crippen molar-refractivity contribution in [2.24, 2.45) is 0 Å². The number of nitrogens with one attached hydrogen (secondary N) is 1. The molecule has 1 aromatic carbocycles. The summed E-state index contributed by atoms with van der Waals surface area (Å²) in [5.74, 6) is 0. The first-order chi connectivity index (χ1) is 8.61. The van der Waals surface area contributed by atoms with Crippen LogP contribution >= 0.6 is 38.9 Å². The molecule has 1 nitrogen and oxygen atoms in total. The van der Waals surface area contributed by atoms with Gasteiger partial charge in [-0.2, -0.15) is 0 Å². The van der Waals surface area contributed by atoms with Crippen LogP contribution in [0.25, 0.3) is 0 Å². The second-order valence-corrected chi connectivity index (χ2v) is 6.51. The third-order valence-corrected chi connectivity index (χ3v) is 5.39. The van der Waals surface area contributed by atoms with E-state index in [1.165, 1.54) is 14.9 Å². The van der Waals surface area contributed by atoms with Gasteiger partial charge in [0.05, 0.1) is 0 Å². The van der Waals surface area contributed by atoms with Crippen LogP contribution in [0, 0.1) is 6.92 Å². The monoisotopic (exact) mass is 343 g/mol. The van der Waals surface area contributed by atoms with Gasteiger partial charge in [-0.25, -0.2) is 0 Å². The lowest BCUT2D eigenvalue weighted by molar-refractivity contribution is 0.595. The molecule has 4 heteroatoms. The average molecular weight is 345 g/mol. The van der Waals surface area contributed by atoms with Crippen molar-refractivity contribution in [1.82, 2.24) is 5.32 Å². The molecule has 18 heavy (non-hydrogen) atoms. The van der Waals surface area contributed by atoms with Crippen molar-refractivity contribution in [3.8, 4) is 0 Å². The quantitative estimate of drug-likeness (QED) is 0.825. The summed E-state index contributed by atoms with van der Waals surface area (Å²) in [6.07, 6.45) is 0.982. The predicted octanol–water partition coefficient (Wildman–Crippen LogP) is 4.98. The van der Waals surface area contributed by atoms with Crippen molar-refractivity contribution in [1.29, 1.82) is 0 Å². The number of rotatable bonds is 4. The molecule has 0 spiro atoms. The first kappa shape index (κ1) is 14.1. The Morgan fingerprint density at radius 1 is 1.39 bits per heavy atom. The van der Waals surface area contributed by atoms with E-state index in [2.05, 4.69) is 44.8 Å². The smallest absolute Gasteiger partial charge is 0.0435 e. The molecule has 0 saturated heterocycles.